The Bertz CT molecular complexity index is 1030. The van der Waals surface area contributed by atoms with Crippen molar-refractivity contribution in [3.8, 4) is 0 Å². The van der Waals surface area contributed by atoms with Crippen molar-refractivity contribution in [1.82, 2.24) is 25.1 Å². The number of aromatic amines is 1. The fourth-order valence-corrected chi connectivity index (χ4v) is 3.75. The molecule has 0 saturated carbocycles. The molecule has 27 heavy (non-hydrogen) atoms. The van der Waals surface area contributed by atoms with Gasteiger partial charge in [-0.15, -0.1) is 11.3 Å². The summed E-state index contributed by atoms with van der Waals surface area (Å²) in [6.07, 6.45) is 3.80. The molecule has 3 aromatic rings. The monoisotopic (exact) mass is 386 g/mol. The molecule has 140 valence electrons. The van der Waals surface area contributed by atoms with Crippen LogP contribution >= 0.6 is 11.3 Å². The number of aryl methyl sites for hydroxylation is 1. The standard InChI is InChI=1S/C16H18N8O2S/c1-24-11(15(26)20-7-8-3-5-21-23-8)9(6-18)13-14(24)22-16(27-13)12(25)10(19)2-4-17/h2-6,12,17-18,25H,7,19H2,1H3,(H,20,26)(H,21,23)/t12-/m1/s1. The van der Waals surface area contributed by atoms with Crippen LogP contribution in [0, 0.1) is 10.8 Å². The SMILES string of the molecule is Cn1c(C(=O)NCc2ccn[nH]2)c(C=N)c2sc([C@H](O)C(N)=CC=N)nc21. The fraction of sp³-hybridized carbons (Fsp3) is 0.188. The smallest absolute Gasteiger partial charge is 0.269 e. The summed E-state index contributed by atoms with van der Waals surface area (Å²) in [7, 11) is 1.67. The summed E-state index contributed by atoms with van der Waals surface area (Å²) < 4.78 is 2.19. The van der Waals surface area contributed by atoms with Crippen molar-refractivity contribution in [1.29, 1.82) is 10.8 Å². The predicted molar refractivity (Wildman–Crippen MR) is 102 cm³/mol. The maximum absolute atomic E-state index is 12.6. The van der Waals surface area contributed by atoms with E-state index < -0.39 is 6.10 Å². The van der Waals surface area contributed by atoms with Crippen molar-refractivity contribution in [3.63, 3.8) is 0 Å². The first-order chi connectivity index (χ1) is 13.0. The predicted octanol–water partition coefficient (Wildman–Crippen LogP) is 0.811. The average molecular weight is 386 g/mol. The lowest BCUT2D eigenvalue weighted by molar-refractivity contribution is 0.0942. The summed E-state index contributed by atoms with van der Waals surface area (Å²) in [5.74, 6) is -0.346. The lowest BCUT2D eigenvalue weighted by atomic mass is 10.2. The fourth-order valence-electron chi connectivity index (χ4n) is 2.62. The van der Waals surface area contributed by atoms with E-state index in [2.05, 4.69) is 20.5 Å². The topological polar surface area (TPSA) is 170 Å². The van der Waals surface area contributed by atoms with Crippen molar-refractivity contribution in [2.24, 2.45) is 12.8 Å². The number of carbonyl (C=O) groups excluding carboxylic acids is 1. The van der Waals surface area contributed by atoms with Crippen LogP contribution in [-0.2, 0) is 13.6 Å². The number of nitrogens with two attached hydrogens (primary N) is 1. The van der Waals surface area contributed by atoms with E-state index in [4.69, 9.17) is 16.6 Å². The summed E-state index contributed by atoms with van der Waals surface area (Å²) in [4.78, 5) is 17.0. The van der Waals surface area contributed by atoms with Crippen LogP contribution in [0.15, 0.2) is 24.0 Å². The highest BCUT2D eigenvalue weighted by atomic mass is 32.1. The molecule has 0 unspecified atom stereocenters. The van der Waals surface area contributed by atoms with Crippen molar-refractivity contribution in [2.75, 3.05) is 0 Å². The molecule has 0 aromatic carbocycles. The number of allylic oxidation sites excluding steroid dienone is 1. The van der Waals surface area contributed by atoms with E-state index >= 15 is 0 Å². The number of aliphatic hydroxyl groups excluding tert-OH is 1. The number of nitrogens with zero attached hydrogens (tertiary/aromatic N) is 3. The van der Waals surface area contributed by atoms with E-state index in [0.717, 1.165) is 29.5 Å². The van der Waals surface area contributed by atoms with E-state index in [-0.39, 0.29) is 18.1 Å². The second kappa shape index (κ2) is 7.51. The molecule has 10 nitrogen and oxygen atoms in total. The molecule has 3 aromatic heterocycles. The molecule has 0 aliphatic rings. The Morgan fingerprint density at radius 3 is 2.96 bits per heavy atom. The van der Waals surface area contributed by atoms with Gasteiger partial charge in [0.15, 0.2) is 5.65 Å². The van der Waals surface area contributed by atoms with Crippen LogP contribution in [0.1, 0.15) is 32.9 Å². The van der Waals surface area contributed by atoms with Crippen LogP contribution in [0.3, 0.4) is 0 Å². The Balaban J connectivity index is 1.95. The van der Waals surface area contributed by atoms with Crippen molar-refractivity contribution in [3.05, 3.63) is 46.0 Å². The number of rotatable bonds is 7. The normalized spacial score (nSPS) is 12.9. The van der Waals surface area contributed by atoms with E-state index in [0.29, 0.717) is 26.6 Å². The lowest BCUT2D eigenvalue weighted by Gasteiger charge is -2.08. The quantitative estimate of drug-likeness (QED) is 0.330. The molecule has 7 N–H and O–H groups in total. The number of aliphatic hydroxyl groups is 1. The molecular weight excluding hydrogens is 368 g/mol. The number of hydrogen-bond donors (Lipinski definition) is 6. The van der Waals surface area contributed by atoms with Crippen molar-refractivity contribution in [2.45, 2.75) is 12.6 Å². The Labute approximate surface area is 157 Å². The summed E-state index contributed by atoms with van der Waals surface area (Å²) in [5.41, 5.74) is 7.78. The summed E-state index contributed by atoms with van der Waals surface area (Å²) in [6, 6.07) is 1.75. The largest absolute Gasteiger partial charge is 0.400 e. The van der Waals surface area contributed by atoms with Crippen LogP contribution in [0.5, 0.6) is 0 Å². The molecule has 0 saturated heterocycles. The van der Waals surface area contributed by atoms with Crippen molar-refractivity contribution < 1.29 is 9.90 Å². The number of thiazole rings is 1. The van der Waals surface area contributed by atoms with Gasteiger partial charge in [-0.05, 0) is 12.1 Å². The average Bonchev–Trinajstić information content (AvgIpc) is 3.36. The van der Waals surface area contributed by atoms with Gasteiger partial charge in [0.05, 0.1) is 16.9 Å². The van der Waals surface area contributed by atoms with Crippen LogP contribution in [-0.4, -0.2) is 43.2 Å². The van der Waals surface area contributed by atoms with Gasteiger partial charge in [-0.2, -0.15) is 5.10 Å². The summed E-state index contributed by atoms with van der Waals surface area (Å²) >= 11 is 1.15. The number of carbonyl (C=O) groups is 1. The van der Waals surface area contributed by atoms with Gasteiger partial charge >= 0.3 is 0 Å². The van der Waals surface area contributed by atoms with E-state index in [1.165, 1.54) is 6.08 Å². The Morgan fingerprint density at radius 2 is 2.33 bits per heavy atom. The van der Waals surface area contributed by atoms with Gasteiger partial charge in [-0.3, -0.25) is 9.89 Å². The molecule has 0 fully saturated rings. The third kappa shape index (κ3) is 3.37. The van der Waals surface area contributed by atoms with Gasteiger partial charge in [0.25, 0.3) is 5.91 Å². The van der Waals surface area contributed by atoms with Crippen LogP contribution in [0.25, 0.3) is 10.3 Å². The first kappa shape index (κ1) is 18.5. The van der Waals surface area contributed by atoms with E-state index in [1.54, 1.807) is 23.9 Å². The Hall–Kier alpha value is -3.31. The lowest BCUT2D eigenvalue weighted by Crippen LogP contribution is -2.26. The second-order valence-corrected chi connectivity index (χ2v) is 6.70. The zero-order chi connectivity index (χ0) is 19.6. The molecule has 1 amide bonds. The molecule has 0 bridgehead atoms. The molecule has 0 spiro atoms. The number of hydrogen-bond acceptors (Lipinski definition) is 8. The van der Waals surface area contributed by atoms with Gasteiger partial charge < -0.3 is 31.5 Å². The highest BCUT2D eigenvalue weighted by Crippen LogP contribution is 2.33. The third-order valence-corrected chi connectivity index (χ3v) is 5.09. The Kier molecular flexibility index (Phi) is 5.14. The molecule has 0 aliphatic heterocycles. The van der Waals surface area contributed by atoms with Gasteiger partial charge in [0, 0.05) is 36.9 Å². The molecule has 3 heterocycles. The first-order valence-electron chi connectivity index (χ1n) is 7.88. The van der Waals surface area contributed by atoms with Gasteiger partial charge in [0.1, 0.15) is 16.8 Å². The number of H-pyrrole nitrogens is 1. The Morgan fingerprint density at radius 1 is 1.56 bits per heavy atom. The van der Waals surface area contributed by atoms with Crippen LogP contribution in [0.4, 0.5) is 0 Å². The van der Waals surface area contributed by atoms with E-state index in [9.17, 15) is 9.90 Å². The molecular formula is C16H18N8O2S. The minimum absolute atomic E-state index is 0.0954. The molecule has 3 rings (SSSR count). The minimum Gasteiger partial charge on any atom is -0.400 e. The number of nitrogens with one attached hydrogen (secondary N) is 4. The highest BCUT2D eigenvalue weighted by molar-refractivity contribution is 7.19. The van der Waals surface area contributed by atoms with Crippen LogP contribution < -0.4 is 11.1 Å². The molecule has 0 aliphatic carbocycles. The van der Waals surface area contributed by atoms with E-state index in [1.807, 2.05) is 0 Å². The minimum atomic E-state index is -1.15. The van der Waals surface area contributed by atoms with Crippen LogP contribution in [0.2, 0.25) is 0 Å². The maximum atomic E-state index is 12.6. The number of amides is 1. The molecule has 0 radical (unpaired) electrons. The summed E-state index contributed by atoms with van der Waals surface area (Å²) in [6.45, 7) is 0.275. The second-order valence-electron chi connectivity index (χ2n) is 5.67. The van der Waals surface area contributed by atoms with Crippen molar-refractivity contribution >= 4 is 40.0 Å². The summed E-state index contributed by atoms with van der Waals surface area (Å²) in [5, 5.41) is 34.7. The number of fused-ring (bicyclic) bond motifs is 1. The molecule has 11 heteroatoms. The zero-order valence-corrected chi connectivity index (χ0v) is 15.2. The zero-order valence-electron chi connectivity index (χ0n) is 14.4. The van der Waals surface area contributed by atoms with Gasteiger partial charge in [-0.1, -0.05) is 0 Å². The van der Waals surface area contributed by atoms with Gasteiger partial charge in [-0.25, -0.2) is 4.98 Å². The number of aromatic nitrogens is 4. The maximum Gasteiger partial charge on any atom is 0.269 e. The molecule has 1 atom stereocenters. The van der Waals surface area contributed by atoms with Gasteiger partial charge in [0.2, 0.25) is 0 Å². The first-order valence-corrected chi connectivity index (χ1v) is 8.69. The third-order valence-electron chi connectivity index (χ3n) is 3.96. The highest BCUT2D eigenvalue weighted by Gasteiger charge is 2.25.